The van der Waals surface area contributed by atoms with Gasteiger partial charge in [-0.25, -0.2) is 0 Å². The van der Waals surface area contributed by atoms with Crippen molar-refractivity contribution in [1.29, 1.82) is 0 Å². The summed E-state index contributed by atoms with van der Waals surface area (Å²) >= 11 is 3.44. The highest BCUT2D eigenvalue weighted by atomic mass is 79.9. The Balaban J connectivity index is 2.94. The minimum atomic E-state index is -0.0964. The topological polar surface area (TPSA) is 38.0 Å². The molecule has 14 heavy (non-hydrogen) atoms. The fourth-order valence-corrected chi connectivity index (χ4v) is 1.69. The largest absolute Gasteiger partial charge is 0.322 e. The molecule has 2 nitrogen and oxygen atoms in total. The van der Waals surface area contributed by atoms with Gasteiger partial charge in [0.1, 0.15) is 0 Å². The Morgan fingerprint density at radius 3 is 2.57 bits per heavy atom. The number of benzene rings is 1. The molecular formula is C11H17BrN2. The third-order valence-corrected chi connectivity index (χ3v) is 3.12. The van der Waals surface area contributed by atoms with Crippen LogP contribution in [0.4, 0.5) is 0 Å². The lowest BCUT2D eigenvalue weighted by atomic mass is 9.90. The summed E-state index contributed by atoms with van der Waals surface area (Å²) in [6.07, 6.45) is 0. The highest BCUT2D eigenvalue weighted by Crippen LogP contribution is 2.24. The molecule has 3 heteroatoms. The standard InChI is InChI=1S/C11H17BrN2/c1-11(2,14-3)10(13)8-5-4-6-9(12)7-8/h4-7,10,14H,13H2,1-3H3. The molecule has 0 spiro atoms. The average Bonchev–Trinajstić information content (AvgIpc) is 2.16. The molecule has 1 unspecified atom stereocenters. The van der Waals surface area contributed by atoms with Gasteiger partial charge in [-0.1, -0.05) is 28.1 Å². The quantitative estimate of drug-likeness (QED) is 0.872. The van der Waals surface area contributed by atoms with E-state index in [1.54, 1.807) is 0 Å². The molecule has 0 saturated carbocycles. The second-order valence-corrected chi connectivity index (χ2v) is 4.92. The molecule has 0 aliphatic heterocycles. The molecule has 0 saturated heterocycles. The van der Waals surface area contributed by atoms with Crippen LogP contribution < -0.4 is 11.1 Å². The lowest BCUT2D eigenvalue weighted by Crippen LogP contribution is -2.46. The van der Waals surface area contributed by atoms with E-state index in [9.17, 15) is 0 Å². The molecule has 0 aliphatic rings. The van der Waals surface area contributed by atoms with Gasteiger partial charge < -0.3 is 11.1 Å². The van der Waals surface area contributed by atoms with Crippen LogP contribution in [0, 0.1) is 0 Å². The summed E-state index contributed by atoms with van der Waals surface area (Å²) in [6.45, 7) is 4.19. The van der Waals surface area contributed by atoms with Gasteiger partial charge in [-0.15, -0.1) is 0 Å². The van der Waals surface area contributed by atoms with Gasteiger partial charge in [-0.2, -0.15) is 0 Å². The lowest BCUT2D eigenvalue weighted by molar-refractivity contribution is 0.348. The van der Waals surface area contributed by atoms with E-state index in [4.69, 9.17) is 5.73 Å². The molecule has 78 valence electrons. The SMILES string of the molecule is CNC(C)(C)C(N)c1cccc(Br)c1. The fourth-order valence-electron chi connectivity index (χ4n) is 1.27. The third kappa shape index (κ3) is 2.56. The van der Waals surface area contributed by atoms with Crippen LogP contribution in [0.1, 0.15) is 25.5 Å². The van der Waals surface area contributed by atoms with E-state index in [1.807, 2.05) is 19.2 Å². The normalized spacial score (nSPS) is 14.1. The van der Waals surface area contributed by atoms with Crippen LogP contribution in [-0.2, 0) is 0 Å². The Morgan fingerprint density at radius 2 is 2.07 bits per heavy atom. The summed E-state index contributed by atoms with van der Waals surface area (Å²) in [4.78, 5) is 0. The van der Waals surface area contributed by atoms with Crippen molar-refractivity contribution in [3.05, 3.63) is 34.3 Å². The number of likely N-dealkylation sites (N-methyl/N-ethyl adjacent to an activating group) is 1. The molecule has 0 radical (unpaired) electrons. The van der Waals surface area contributed by atoms with E-state index in [-0.39, 0.29) is 11.6 Å². The second-order valence-electron chi connectivity index (χ2n) is 4.00. The fraction of sp³-hybridized carbons (Fsp3) is 0.455. The van der Waals surface area contributed by atoms with Gasteiger partial charge in [0.25, 0.3) is 0 Å². The predicted molar refractivity (Wildman–Crippen MR) is 64.2 cm³/mol. The van der Waals surface area contributed by atoms with Crippen molar-refractivity contribution in [2.24, 2.45) is 5.73 Å². The minimum Gasteiger partial charge on any atom is -0.322 e. The Bertz CT molecular complexity index is 310. The number of halogens is 1. The molecule has 0 bridgehead atoms. The van der Waals surface area contributed by atoms with Crippen LogP contribution in [-0.4, -0.2) is 12.6 Å². The molecule has 0 aliphatic carbocycles. The maximum Gasteiger partial charge on any atom is 0.0474 e. The second kappa shape index (κ2) is 4.43. The van der Waals surface area contributed by atoms with E-state index in [0.717, 1.165) is 10.0 Å². The first-order valence-electron chi connectivity index (χ1n) is 4.67. The van der Waals surface area contributed by atoms with E-state index in [0.29, 0.717) is 0 Å². The van der Waals surface area contributed by atoms with Gasteiger partial charge >= 0.3 is 0 Å². The van der Waals surface area contributed by atoms with E-state index < -0.39 is 0 Å². The van der Waals surface area contributed by atoms with Crippen LogP contribution >= 0.6 is 15.9 Å². The van der Waals surface area contributed by atoms with E-state index >= 15 is 0 Å². The molecule has 1 aromatic carbocycles. The van der Waals surface area contributed by atoms with Gasteiger partial charge in [0.2, 0.25) is 0 Å². The molecule has 1 atom stereocenters. The van der Waals surface area contributed by atoms with Crippen LogP contribution in [0.15, 0.2) is 28.7 Å². The minimum absolute atomic E-state index is 0.00926. The Labute approximate surface area is 94.0 Å². The molecule has 1 rings (SSSR count). The number of hydrogen-bond acceptors (Lipinski definition) is 2. The highest BCUT2D eigenvalue weighted by molar-refractivity contribution is 9.10. The molecule has 0 amide bonds. The first-order chi connectivity index (χ1) is 6.47. The summed E-state index contributed by atoms with van der Waals surface area (Å²) in [5.74, 6) is 0. The van der Waals surface area contributed by atoms with Crippen molar-refractivity contribution >= 4 is 15.9 Å². The van der Waals surface area contributed by atoms with E-state index in [1.165, 1.54) is 0 Å². The zero-order chi connectivity index (χ0) is 10.8. The molecular weight excluding hydrogens is 240 g/mol. The number of hydrogen-bond donors (Lipinski definition) is 2. The highest BCUT2D eigenvalue weighted by Gasteiger charge is 2.25. The predicted octanol–water partition coefficient (Wildman–Crippen LogP) is 2.45. The summed E-state index contributed by atoms with van der Waals surface area (Å²) in [6, 6.07) is 8.11. The molecule has 3 N–H and O–H groups in total. The van der Waals surface area contributed by atoms with Gasteiger partial charge in [0.05, 0.1) is 0 Å². The van der Waals surface area contributed by atoms with E-state index in [2.05, 4.69) is 47.2 Å². The Morgan fingerprint density at radius 1 is 1.43 bits per heavy atom. The molecule has 0 fully saturated rings. The molecule has 0 aromatic heterocycles. The van der Waals surface area contributed by atoms with Crippen LogP contribution in [0.5, 0.6) is 0 Å². The van der Waals surface area contributed by atoms with Gasteiger partial charge in [0.15, 0.2) is 0 Å². The monoisotopic (exact) mass is 256 g/mol. The molecule has 1 aromatic rings. The summed E-state index contributed by atoms with van der Waals surface area (Å²) in [7, 11) is 1.93. The lowest BCUT2D eigenvalue weighted by Gasteiger charge is -2.31. The Kier molecular flexibility index (Phi) is 3.70. The van der Waals surface area contributed by atoms with Crippen LogP contribution in [0.3, 0.4) is 0 Å². The van der Waals surface area contributed by atoms with Crippen molar-refractivity contribution in [1.82, 2.24) is 5.32 Å². The van der Waals surface area contributed by atoms with Gasteiger partial charge in [0, 0.05) is 16.1 Å². The smallest absolute Gasteiger partial charge is 0.0474 e. The average molecular weight is 257 g/mol. The van der Waals surface area contributed by atoms with Crippen molar-refractivity contribution in [2.45, 2.75) is 25.4 Å². The Hall–Kier alpha value is -0.380. The van der Waals surface area contributed by atoms with Crippen LogP contribution in [0.2, 0.25) is 0 Å². The van der Waals surface area contributed by atoms with Crippen molar-refractivity contribution < 1.29 is 0 Å². The van der Waals surface area contributed by atoms with Gasteiger partial charge in [-0.3, -0.25) is 0 Å². The first kappa shape index (κ1) is 11.7. The van der Waals surface area contributed by atoms with Crippen molar-refractivity contribution in [3.8, 4) is 0 Å². The zero-order valence-electron chi connectivity index (χ0n) is 8.84. The summed E-state index contributed by atoms with van der Waals surface area (Å²) in [5.41, 5.74) is 7.21. The maximum absolute atomic E-state index is 6.17. The van der Waals surface area contributed by atoms with Crippen molar-refractivity contribution in [2.75, 3.05) is 7.05 Å². The summed E-state index contributed by atoms with van der Waals surface area (Å²) < 4.78 is 1.07. The number of nitrogens with one attached hydrogen (secondary N) is 1. The molecule has 0 heterocycles. The third-order valence-electron chi connectivity index (χ3n) is 2.63. The van der Waals surface area contributed by atoms with Crippen molar-refractivity contribution in [3.63, 3.8) is 0 Å². The zero-order valence-corrected chi connectivity index (χ0v) is 10.4. The maximum atomic E-state index is 6.17. The van der Waals surface area contributed by atoms with Crippen LogP contribution in [0.25, 0.3) is 0 Å². The summed E-state index contributed by atoms with van der Waals surface area (Å²) in [5, 5.41) is 3.22. The number of nitrogens with two attached hydrogens (primary N) is 1. The first-order valence-corrected chi connectivity index (χ1v) is 5.46. The van der Waals surface area contributed by atoms with Gasteiger partial charge in [-0.05, 0) is 38.6 Å². The number of rotatable bonds is 3.